The van der Waals surface area contributed by atoms with E-state index in [4.69, 9.17) is 0 Å². The van der Waals surface area contributed by atoms with Crippen molar-refractivity contribution >= 4 is 11.4 Å². The molecule has 108 valence electrons. The number of aromatic hydroxyl groups is 1. The van der Waals surface area contributed by atoms with Gasteiger partial charge in [-0.05, 0) is 56.2 Å². The molecule has 3 rings (SSSR count). The van der Waals surface area contributed by atoms with Crippen molar-refractivity contribution < 1.29 is 9.68 Å². The van der Waals surface area contributed by atoms with Gasteiger partial charge in [-0.1, -0.05) is 12.1 Å². The van der Waals surface area contributed by atoms with Gasteiger partial charge in [0.05, 0.1) is 5.41 Å². The quantitative estimate of drug-likeness (QED) is 0.806. The third kappa shape index (κ3) is 2.06. The Morgan fingerprint density at radius 3 is 2.24 bits per heavy atom. The van der Waals surface area contributed by atoms with Crippen LogP contribution in [0.25, 0.3) is 11.1 Å². The summed E-state index contributed by atoms with van der Waals surface area (Å²) < 4.78 is 2.40. The van der Waals surface area contributed by atoms with Gasteiger partial charge in [-0.3, -0.25) is 0 Å². The number of fused-ring (bicyclic) bond motifs is 1. The maximum absolute atomic E-state index is 9.43. The van der Waals surface area contributed by atoms with Crippen molar-refractivity contribution in [1.82, 2.24) is 0 Å². The van der Waals surface area contributed by atoms with E-state index in [1.807, 2.05) is 12.1 Å². The molecule has 0 saturated carbocycles. The van der Waals surface area contributed by atoms with Crippen molar-refractivity contribution in [3.8, 4) is 16.9 Å². The Morgan fingerprint density at radius 1 is 1.00 bits per heavy atom. The fraction of sp³-hybridized carbons (Fsp3) is 0.316. The number of benzene rings is 2. The molecule has 0 unspecified atom stereocenters. The monoisotopic (exact) mass is 280 g/mol. The zero-order valence-corrected chi connectivity index (χ0v) is 13.1. The number of rotatable bonds is 2. The van der Waals surface area contributed by atoms with Gasteiger partial charge in [-0.15, -0.1) is 0 Å². The Bertz CT molecular complexity index is 724. The van der Waals surface area contributed by atoms with E-state index >= 15 is 0 Å². The summed E-state index contributed by atoms with van der Waals surface area (Å²) in [5, 5.41) is 9.43. The molecule has 0 spiro atoms. The van der Waals surface area contributed by atoms with Gasteiger partial charge in [0, 0.05) is 18.6 Å². The Hall–Kier alpha value is -2.09. The number of hydrogen-bond donors (Lipinski definition) is 1. The molecule has 0 saturated heterocycles. The number of phenols is 1. The molecule has 0 aromatic heterocycles. The van der Waals surface area contributed by atoms with Crippen LogP contribution in [0, 0.1) is 0 Å². The van der Waals surface area contributed by atoms with Crippen LogP contribution in [0.5, 0.6) is 5.75 Å². The molecule has 0 aliphatic carbocycles. The summed E-state index contributed by atoms with van der Waals surface area (Å²) in [5.74, 6) is 0.307. The van der Waals surface area contributed by atoms with Crippen LogP contribution in [0.4, 0.5) is 5.69 Å². The van der Waals surface area contributed by atoms with Crippen molar-refractivity contribution in [2.24, 2.45) is 0 Å². The van der Waals surface area contributed by atoms with Gasteiger partial charge in [0.25, 0.3) is 0 Å². The number of hydrogen-bond acceptors (Lipinski definition) is 1. The Labute approximate surface area is 126 Å². The van der Waals surface area contributed by atoms with E-state index in [1.165, 1.54) is 22.5 Å². The molecular formula is C19H22NO+. The van der Waals surface area contributed by atoms with Crippen LogP contribution in [0.3, 0.4) is 0 Å². The Balaban J connectivity index is 2.13. The van der Waals surface area contributed by atoms with Gasteiger partial charge < -0.3 is 5.11 Å². The summed E-state index contributed by atoms with van der Waals surface area (Å²) in [6, 6.07) is 14.1. The second-order valence-electron chi connectivity index (χ2n) is 6.23. The topological polar surface area (TPSA) is 23.2 Å². The van der Waals surface area contributed by atoms with Crippen LogP contribution in [-0.2, 0) is 5.41 Å². The van der Waals surface area contributed by atoms with Crippen molar-refractivity contribution in [1.29, 1.82) is 0 Å². The van der Waals surface area contributed by atoms with Crippen LogP contribution < -0.4 is 0 Å². The molecule has 0 amide bonds. The summed E-state index contributed by atoms with van der Waals surface area (Å²) >= 11 is 0. The fourth-order valence-corrected chi connectivity index (χ4v) is 3.23. The molecule has 1 heterocycles. The second kappa shape index (κ2) is 4.73. The van der Waals surface area contributed by atoms with E-state index in [2.05, 4.69) is 50.5 Å². The van der Waals surface area contributed by atoms with Gasteiger partial charge in [0.2, 0.25) is 5.69 Å². The zero-order valence-electron chi connectivity index (χ0n) is 13.1. The first kappa shape index (κ1) is 13.9. The maximum Gasteiger partial charge on any atom is 0.209 e. The molecule has 2 aromatic rings. The summed E-state index contributed by atoms with van der Waals surface area (Å²) in [6.07, 6.45) is 0. The molecule has 0 fully saturated rings. The minimum atomic E-state index is 0.0677. The van der Waals surface area contributed by atoms with Crippen molar-refractivity contribution in [2.45, 2.75) is 33.1 Å². The molecule has 2 heteroatoms. The van der Waals surface area contributed by atoms with Crippen molar-refractivity contribution in [3.05, 3.63) is 48.0 Å². The Morgan fingerprint density at radius 2 is 1.62 bits per heavy atom. The van der Waals surface area contributed by atoms with E-state index in [9.17, 15) is 5.11 Å². The molecule has 0 radical (unpaired) electrons. The lowest BCUT2D eigenvalue weighted by Gasteiger charge is -2.16. The normalized spacial score (nSPS) is 16.2. The lowest BCUT2D eigenvalue weighted by molar-refractivity contribution is -0.434. The minimum absolute atomic E-state index is 0.0677. The molecular weight excluding hydrogens is 258 g/mol. The van der Waals surface area contributed by atoms with Crippen molar-refractivity contribution in [2.75, 3.05) is 6.54 Å². The Kier molecular flexibility index (Phi) is 3.12. The first-order chi connectivity index (χ1) is 9.95. The predicted molar refractivity (Wildman–Crippen MR) is 87.7 cm³/mol. The second-order valence-corrected chi connectivity index (χ2v) is 6.23. The molecule has 1 aliphatic heterocycles. The highest BCUT2D eigenvalue weighted by Crippen LogP contribution is 2.41. The lowest BCUT2D eigenvalue weighted by atomic mass is 9.81. The molecule has 0 bridgehead atoms. The predicted octanol–water partition coefficient (Wildman–Crippen LogP) is 4.48. The van der Waals surface area contributed by atoms with Crippen molar-refractivity contribution in [3.63, 3.8) is 0 Å². The highest BCUT2D eigenvalue weighted by molar-refractivity contribution is 5.94. The summed E-state index contributed by atoms with van der Waals surface area (Å²) in [6.45, 7) is 10.0. The molecule has 0 atom stereocenters. The third-order valence-electron chi connectivity index (χ3n) is 4.79. The highest BCUT2D eigenvalue weighted by atomic mass is 16.3. The fourth-order valence-electron chi connectivity index (χ4n) is 3.23. The van der Waals surface area contributed by atoms with Gasteiger partial charge >= 0.3 is 0 Å². The van der Waals surface area contributed by atoms with E-state index in [0.717, 1.165) is 12.1 Å². The third-order valence-corrected chi connectivity index (χ3v) is 4.79. The first-order valence-electron chi connectivity index (χ1n) is 7.50. The van der Waals surface area contributed by atoms with Gasteiger partial charge in [-0.25, -0.2) is 0 Å². The van der Waals surface area contributed by atoms with Crippen LogP contribution in [-0.4, -0.2) is 21.9 Å². The summed E-state index contributed by atoms with van der Waals surface area (Å²) in [7, 11) is 0. The summed E-state index contributed by atoms with van der Waals surface area (Å²) in [4.78, 5) is 0. The molecule has 21 heavy (non-hydrogen) atoms. The SMILES string of the molecule is CC[N+]1=C(C)C(C)(C)c2cc(-c3ccc(O)cc3)ccc21. The zero-order chi connectivity index (χ0) is 15.2. The standard InChI is InChI=1S/C19H21NO/c1-5-20-13(2)19(3,4)17-12-15(8-11-18(17)20)14-6-9-16(21)10-7-14/h6-12H,5H2,1-4H3/p+1. The molecule has 2 aromatic carbocycles. The average Bonchev–Trinajstić information content (AvgIpc) is 2.67. The van der Waals surface area contributed by atoms with Gasteiger partial charge in [0.1, 0.15) is 12.3 Å². The summed E-state index contributed by atoms with van der Waals surface area (Å²) in [5.41, 5.74) is 6.52. The van der Waals surface area contributed by atoms with Gasteiger partial charge in [0.15, 0.2) is 5.71 Å². The average molecular weight is 280 g/mol. The number of phenolic OH excluding ortho intramolecular Hbond substituents is 1. The number of nitrogens with zero attached hydrogens (tertiary/aromatic N) is 1. The first-order valence-corrected chi connectivity index (χ1v) is 7.50. The highest BCUT2D eigenvalue weighted by Gasteiger charge is 2.42. The van der Waals surface area contributed by atoms with Crippen LogP contribution in [0.15, 0.2) is 42.5 Å². The van der Waals surface area contributed by atoms with Crippen LogP contribution in [0.2, 0.25) is 0 Å². The maximum atomic E-state index is 9.43. The smallest absolute Gasteiger partial charge is 0.209 e. The van der Waals surface area contributed by atoms with E-state index in [0.29, 0.717) is 5.75 Å². The van der Waals surface area contributed by atoms with E-state index in [1.54, 1.807) is 12.1 Å². The minimum Gasteiger partial charge on any atom is -0.508 e. The lowest BCUT2D eigenvalue weighted by Crippen LogP contribution is -2.26. The van der Waals surface area contributed by atoms with Crippen LogP contribution >= 0.6 is 0 Å². The molecule has 1 N–H and O–H groups in total. The van der Waals surface area contributed by atoms with E-state index in [-0.39, 0.29) is 5.41 Å². The largest absolute Gasteiger partial charge is 0.508 e. The van der Waals surface area contributed by atoms with Crippen LogP contribution in [0.1, 0.15) is 33.3 Å². The molecule has 2 nitrogen and oxygen atoms in total. The molecule has 1 aliphatic rings. The van der Waals surface area contributed by atoms with Gasteiger partial charge in [-0.2, -0.15) is 4.58 Å². The van der Waals surface area contributed by atoms with E-state index < -0.39 is 0 Å².